The van der Waals surface area contributed by atoms with Gasteiger partial charge in [0, 0.05) is 17.3 Å². The van der Waals surface area contributed by atoms with Gasteiger partial charge in [0.05, 0.1) is 0 Å². The van der Waals surface area contributed by atoms with Crippen molar-refractivity contribution in [2.45, 2.75) is 6.92 Å². The molecule has 3 aromatic carbocycles. The van der Waals surface area contributed by atoms with Crippen LogP contribution < -0.4 is 10.1 Å². The summed E-state index contributed by atoms with van der Waals surface area (Å²) in [5.41, 5.74) is 2.32. The summed E-state index contributed by atoms with van der Waals surface area (Å²) < 4.78 is 5.78. The Labute approximate surface area is 135 Å². The number of aryl methyl sites for hydroxylation is 1. The average molecular weight is 303 g/mol. The van der Waals surface area contributed by atoms with Crippen LogP contribution in [0.3, 0.4) is 0 Å². The zero-order valence-corrected chi connectivity index (χ0v) is 12.8. The van der Waals surface area contributed by atoms with Crippen LogP contribution in [-0.2, 0) is 0 Å². The Morgan fingerprint density at radius 3 is 2.30 bits per heavy atom. The molecule has 0 heterocycles. The lowest BCUT2D eigenvalue weighted by Crippen LogP contribution is -2.13. The van der Waals surface area contributed by atoms with E-state index in [1.807, 2.05) is 85.8 Å². The van der Waals surface area contributed by atoms with Crippen molar-refractivity contribution in [1.29, 1.82) is 0 Å². The summed E-state index contributed by atoms with van der Waals surface area (Å²) >= 11 is 0. The molecule has 3 rings (SSSR count). The molecule has 0 aliphatic rings. The quantitative estimate of drug-likeness (QED) is 0.733. The van der Waals surface area contributed by atoms with E-state index in [4.69, 9.17) is 4.74 Å². The smallest absolute Gasteiger partial charge is 0.255 e. The third kappa shape index (κ3) is 3.77. The molecule has 0 atom stereocenters. The van der Waals surface area contributed by atoms with E-state index in [0.29, 0.717) is 17.0 Å². The number of amides is 1. The summed E-state index contributed by atoms with van der Waals surface area (Å²) in [6.07, 6.45) is 0. The summed E-state index contributed by atoms with van der Waals surface area (Å²) in [6.45, 7) is 1.92. The second-order valence-electron chi connectivity index (χ2n) is 5.21. The maximum atomic E-state index is 12.4. The summed E-state index contributed by atoms with van der Waals surface area (Å²) in [6, 6.07) is 24.4. The average Bonchev–Trinajstić information content (AvgIpc) is 2.56. The molecule has 3 nitrogen and oxygen atoms in total. The summed E-state index contributed by atoms with van der Waals surface area (Å²) in [7, 11) is 0. The number of nitrogens with one attached hydrogen (secondary N) is 1. The highest BCUT2D eigenvalue weighted by atomic mass is 16.5. The van der Waals surface area contributed by atoms with Crippen LogP contribution in [0.4, 0.5) is 5.69 Å². The highest BCUT2D eigenvalue weighted by Gasteiger charge is 2.09. The summed E-state index contributed by atoms with van der Waals surface area (Å²) in [4.78, 5) is 12.4. The van der Waals surface area contributed by atoms with Crippen LogP contribution >= 0.6 is 0 Å². The van der Waals surface area contributed by atoms with Gasteiger partial charge in [-0.05, 0) is 42.8 Å². The molecule has 0 spiro atoms. The van der Waals surface area contributed by atoms with Gasteiger partial charge in [0.2, 0.25) is 0 Å². The number of ether oxygens (including phenoxy) is 1. The minimum absolute atomic E-state index is 0.125. The van der Waals surface area contributed by atoms with Crippen molar-refractivity contribution in [3.63, 3.8) is 0 Å². The number of carbonyl (C=O) groups is 1. The van der Waals surface area contributed by atoms with Crippen molar-refractivity contribution in [1.82, 2.24) is 0 Å². The first-order valence-corrected chi connectivity index (χ1v) is 7.42. The van der Waals surface area contributed by atoms with Gasteiger partial charge >= 0.3 is 0 Å². The highest BCUT2D eigenvalue weighted by Crippen LogP contribution is 2.24. The molecular weight excluding hydrogens is 286 g/mol. The van der Waals surface area contributed by atoms with E-state index in [0.717, 1.165) is 11.3 Å². The van der Waals surface area contributed by atoms with Crippen molar-refractivity contribution >= 4 is 11.6 Å². The summed E-state index contributed by atoms with van der Waals surface area (Å²) in [5, 5.41) is 2.91. The maximum Gasteiger partial charge on any atom is 0.255 e. The van der Waals surface area contributed by atoms with Gasteiger partial charge in [-0.1, -0.05) is 42.5 Å². The minimum Gasteiger partial charge on any atom is -0.457 e. The lowest BCUT2D eigenvalue weighted by Gasteiger charge is -2.10. The van der Waals surface area contributed by atoms with E-state index >= 15 is 0 Å². The minimum atomic E-state index is -0.125. The number of hydrogen-bond acceptors (Lipinski definition) is 2. The lowest BCUT2D eigenvalue weighted by atomic mass is 10.1. The predicted octanol–water partition coefficient (Wildman–Crippen LogP) is 5.04. The molecule has 0 aromatic heterocycles. The number of anilines is 1. The van der Waals surface area contributed by atoms with Gasteiger partial charge in [0.15, 0.2) is 0 Å². The van der Waals surface area contributed by atoms with Crippen LogP contribution in [0.1, 0.15) is 15.9 Å². The molecule has 0 fully saturated rings. The number of rotatable bonds is 4. The standard InChI is InChI=1S/C20H17NO2/c1-15-8-5-6-13-19(15)20(22)21-16-9-7-12-18(14-16)23-17-10-3-2-4-11-17/h2-14H,1H3,(H,21,22). The second-order valence-corrected chi connectivity index (χ2v) is 5.21. The van der Waals surface area contributed by atoms with Crippen LogP contribution in [0, 0.1) is 6.92 Å². The van der Waals surface area contributed by atoms with Gasteiger partial charge in [-0.3, -0.25) is 4.79 Å². The molecule has 0 saturated carbocycles. The Hall–Kier alpha value is -3.07. The van der Waals surface area contributed by atoms with Crippen molar-refractivity contribution in [2.24, 2.45) is 0 Å². The molecule has 3 aromatic rings. The SMILES string of the molecule is Cc1ccccc1C(=O)Nc1cccc(Oc2ccccc2)c1. The molecule has 0 unspecified atom stereocenters. The van der Waals surface area contributed by atoms with E-state index in [1.165, 1.54) is 0 Å². The second kappa shape index (κ2) is 6.79. The predicted molar refractivity (Wildman–Crippen MR) is 92.1 cm³/mol. The van der Waals surface area contributed by atoms with Gasteiger partial charge in [0.25, 0.3) is 5.91 Å². The van der Waals surface area contributed by atoms with E-state index in [2.05, 4.69) is 5.32 Å². The fraction of sp³-hybridized carbons (Fsp3) is 0.0500. The Balaban J connectivity index is 1.75. The van der Waals surface area contributed by atoms with Crippen LogP contribution in [0.5, 0.6) is 11.5 Å². The van der Waals surface area contributed by atoms with E-state index in [9.17, 15) is 4.79 Å². The fourth-order valence-corrected chi connectivity index (χ4v) is 2.29. The van der Waals surface area contributed by atoms with Crippen LogP contribution in [0.15, 0.2) is 78.9 Å². The van der Waals surface area contributed by atoms with E-state index < -0.39 is 0 Å². The molecule has 23 heavy (non-hydrogen) atoms. The maximum absolute atomic E-state index is 12.4. The monoisotopic (exact) mass is 303 g/mol. The molecule has 3 heteroatoms. The third-order valence-corrected chi connectivity index (χ3v) is 3.46. The van der Waals surface area contributed by atoms with Gasteiger partial charge < -0.3 is 10.1 Å². The molecule has 0 radical (unpaired) electrons. The number of carbonyl (C=O) groups excluding carboxylic acids is 1. The van der Waals surface area contributed by atoms with Gasteiger partial charge in [-0.2, -0.15) is 0 Å². The Morgan fingerprint density at radius 1 is 0.826 bits per heavy atom. The summed E-state index contributed by atoms with van der Waals surface area (Å²) in [5.74, 6) is 1.31. The largest absolute Gasteiger partial charge is 0.457 e. The van der Waals surface area contributed by atoms with E-state index in [-0.39, 0.29) is 5.91 Å². The molecule has 0 aliphatic carbocycles. The Kier molecular flexibility index (Phi) is 4.39. The normalized spacial score (nSPS) is 10.1. The van der Waals surface area contributed by atoms with Crippen molar-refractivity contribution in [2.75, 3.05) is 5.32 Å². The number of para-hydroxylation sites is 1. The number of benzene rings is 3. The van der Waals surface area contributed by atoms with Gasteiger partial charge in [-0.15, -0.1) is 0 Å². The Bertz CT molecular complexity index is 813. The van der Waals surface area contributed by atoms with Crippen molar-refractivity contribution in [3.05, 3.63) is 90.0 Å². The van der Waals surface area contributed by atoms with Crippen molar-refractivity contribution in [3.8, 4) is 11.5 Å². The zero-order chi connectivity index (χ0) is 16.1. The molecule has 0 aliphatic heterocycles. The third-order valence-electron chi connectivity index (χ3n) is 3.46. The molecule has 1 N–H and O–H groups in total. The molecule has 1 amide bonds. The molecule has 0 saturated heterocycles. The molecular formula is C20H17NO2. The van der Waals surface area contributed by atoms with E-state index in [1.54, 1.807) is 0 Å². The van der Waals surface area contributed by atoms with Crippen LogP contribution in [0.25, 0.3) is 0 Å². The first-order valence-electron chi connectivity index (χ1n) is 7.42. The topological polar surface area (TPSA) is 38.3 Å². The highest BCUT2D eigenvalue weighted by molar-refractivity contribution is 6.05. The lowest BCUT2D eigenvalue weighted by molar-refractivity contribution is 0.102. The van der Waals surface area contributed by atoms with Crippen molar-refractivity contribution < 1.29 is 9.53 Å². The van der Waals surface area contributed by atoms with Crippen LogP contribution in [0.2, 0.25) is 0 Å². The van der Waals surface area contributed by atoms with Gasteiger partial charge in [-0.25, -0.2) is 0 Å². The first-order chi connectivity index (χ1) is 11.2. The first kappa shape index (κ1) is 14.9. The fourth-order valence-electron chi connectivity index (χ4n) is 2.29. The zero-order valence-electron chi connectivity index (χ0n) is 12.8. The van der Waals surface area contributed by atoms with Gasteiger partial charge in [0.1, 0.15) is 11.5 Å². The van der Waals surface area contributed by atoms with Crippen LogP contribution in [-0.4, -0.2) is 5.91 Å². The molecule has 114 valence electrons. The Morgan fingerprint density at radius 2 is 1.52 bits per heavy atom. The number of hydrogen-bond donors (Lipinski definition) is 1. The molecule has 0 bridgehead atoms.